The fourth-order valence-corrected chi connectivity index (χ4v) is 3.25. The summed E-state index contributed by atoms with van der Waals surface area (Å²) in [5, 5.41) is 0. The van der Waals surface area contributed by atoms with Crippen LogP contribution in [0.15, 0.2) is 18.2 Å². The van der Waals surface area contributed by atoms with Crippen LogP contribution in [0.5, 0.6) is 0 Å². The van der Waals surface area contributed by atoms with E-state index in [-0.39, 0.29) is 11.9 Å². The third-order valence-electron chi connectivity index (χ3n) is 4.07. The number of alkyl halides is 1. The minimum absolute atomic E-state index is 0.217. The number of carbonyl (C=O) groups excluding carboxylic acids is 1. The molecule has 1 saturated heterocycles. The van der Waals surface area contributed by atoms with Gasteiger partial charge in [0.05, 0.1) is 23.0 Å². The molecule has 1 fully saturated rings. The smallest absolute Gasteiger partial charge is 0.222 e. The van der Waals surface area contributed by atoms with E-state index in [1.807, 2.05) is 19.2 Å². The number of likely N-dealkylation sites (N-methyl/N-ethyl adjacent to an activating group) is 1. The second kappa shape index (κ2) is 5.09. The third kappa shape index (κ3) is 2.08. The summed E-state index contributed by atoms with van der Waals surface area (Å²) in [6.45, 7) is 2.82. The fourth-order valence-electron chi connectivity index (χ4n) is 3.06. The third-order valence-corrected chi connectivity index (χ3v) is 4.31. The van der Waals surface area contributed by atoms with Crippen LogP contribution in [0.25, 0.3) is 11.0 Å². The van der Waals surface area contributed by atoms with Gasteiger partial charge in [-0.2, -0.15) is 0 Å². The molecule has 1 atom stereocenters. The summed E-state index contributed by atoms with van der Waals surface area (Å²) >= 11 is 6.08. The van der Waals surface area contributed by atoms with E-state index in [2.05, 4.69) is 22.5 Å². The highest BCUT2D eigenvalue weighted by atomic mass is 35.5. The maximum atomic E-state index is 11.7. The Bertz CT molecular complexity index is 664. The standard InChI is InChI=1S/C15H18ClN3O/c1-10-4-3-5-12-15(10)19(13(8-16)17-12)11-6-7-14(20)18(2)9-11/h3-5,11H,6-9H2,1-2H3. The molecule has 5 heteroatoms. The Kier molecular flexibility index (Phi) is 3.42. The Labute approximate surface area is 123 Å². The molecule has 1 aromatic carbocycles. The zero-order chi connectivity index (χ0) is 14.3. The van der Waals surface area contributed by atoms with Gasteiger partial charge < -0.3 is 9.47 Å². The highest BCUT2D eigenvalue weighted by molar-refractivity contribution is 6.16. The Balaban J connectivity index is 2.12. The molecule has 106 valence electrons. The zero-order valence-electron chi connectivity index (χ0n) is 11.8. The number of amides is 1. The van der Waals surface area contributed by atoms with E-state index in [0.717, 1.165) is 29.8 Å². The summed E-state index contributed by atoms with van der Waals surface area (Å²) in [5.41, 5.74) is 3.34. The first-order chi connectivity index (χ1) is 9.61. The lowest BCUT2D eigenvalue weighted by atomic mass is 10.0. The molecule has 0 aliphatic carbocycles. The number of aromatic nitrogens is 2. The number of benzene rings is 1. The van der Waals surface area contributed by atoms with Crippen molar-refractivity contribution in [2.24, 2.45) is 0 Å². The van der Waals surface area contributed by atoms with Crippen molar-refractivity contribution in [2.45, 2.75) is 31.7 Å². The van der Waals surface area contributed by atoms with Gasteiger partial charge in [0.1, 0.15) is 5.82 Å². The summed E-state index contributed by atoms with van der Waals surface area (Å²) in [7, 11) is 1.86. The van der Waals surface area contributed by atoms with Gasteiger partial charge in [0.15, 0.2) is 0 Å². The van der Waals surface area contributed by atoms with Crippen molar-refractivity contribution in [1.29, 1.82) is 0 Å². The second-order valence-electron chi connectivity index (χ2n) is 5.44. The average molecular weight is 292 g/mol. The van der Waals surface area contributed by atoms with Gasteiger partial charge in [0, 0.05) is 20.0 Å². The van der Waals surface area contributed by atoms with Crippen LogP contribution in [0.2, 0.25) is 0 Å². The molecule has 1 aromatic heterocycles. The van der Waals surface area contributed by atoms with Crippen molar-refractivity contribution in [2.75, 3.05) is 13.6 Å². The van der Waals surface area contributed by atoms with Gasteiger partial charge in [-0.1, -0.05) is 12.1 Å². The van der Waals surface area contributed by atoms with Gasteiger partial charge in [0.25, 0.3) is 0 Å². The SMILES string of the molecule is Cc1cccc2nc(CCl)n(C3CCC(=O)N(C)C3)c12. The zero-order valence-corrected chi connectivity index (χ0v) is 12.5. The lowest BCUT2D eigenvalue weighted by molar-refractivity contribution is -0.132. The van der Waals surface area contributed by atoms with Crippen LogP contribution in [-0.2, 0) is 10.7 Å². The van der Waals surface area contributed by atoms with E-state index < -0.39 is 0 Å². The van der Waals surface area contributed by atoms with Gasteiger partial charge >= 0.3 is 0 Å². The summed E-state index contributed by atoms with van der Waals surface area (Å²) in [6, 6.07) is 6.39. The first-order valence-electron chi connectivity index (χ1n) is 6.88. The summed E-state index contributed by atoms with van der Waals surface area (Å²) in [4.78, 5) is 18.1. The Morgan fingerprint density at radius 1 is 1.45 bits per heavy atom. The van der Waals surface area contributed by atoms with Crippen LogP contribution in [0.4, 0.5) is 0 Å². The average Bonchev–Trinajstić information content (AvgIpc) is 2.82. The summed E-state index contributed by atoms with van der Waals surface area (Å²) in [5.74, 6) is 1.50. The van der Waals surface area contributed by atoms with E-state index in [9.17, 15) is 4.79 Å². The van der Waals surface area contributed by atoms with Crippen molar-refractivity contribution >= 4 is 28.5 Å². The fraction of sp³-hybridized carbons (Fsp3) is 0.467. The van der Waals surface area contributed by atoms with E-state index in [4.69, 9.17) is 11.6 Å². The molecular formula is C15H18ClN3O. The molecule has 0 bridgehead atoms. The molecule has 3 rings (SSSR count). The van der Waals surface area contributed by atoms with E-state index >= 15 is 0 Å². The molecule has 4 nitrogen and oxygen atoms in total. The molecule has 20 heavy (non-hydrogen) atoms. The quantitative estimate of drug-likeness (QED) is 0.798. The number of carbonyl (C=O) groups is 1. The number of nitrogens with zero attached hydrogens (tertiary/aromatic N) is 3. The molecule has 2 heterocycles. The molecule has 0 spiro atoms. The topological polar surface area (TPSA) is 38.1 Å². The minimum atomic E-state index is 0.217. The van der Waals surface area contributed by atoms with Gasteiger partial charge in [-0.3, -0.25) is 4.79 Å². The summed E-state index contributed by atoms with van der Waals surface area (Å²) < 4.78 is 2.24. The van der Waals surface area contributed by atoms with E-state index in [0.29, 0.717) is 12.3 Å². The largest absolute Gasteiger partial charge is 0.344 e. The number of imidazole rings is 1. The van der Waals surface area contributed by atoms with Crippen LogP contribution in [0.3, 0.4) is 0 Å². The monoisotopic (exact) mass is 291 g/mol. The van der Waals surface area contributed by atoms with Crippen LogP contribution in [0.1, 0.15) is 30.3 Å². The highest BCUT2D eigenvalue weighted by Gasteiger charge is 2.27. The number of likely N-dealkylation sites (tertiary alicyclic amines) is 1. The van der Waals surface area contributed by atoms with Gasteiger partial charge in [-0.05, 0) is 25.0 Å². The molecule has 0 N–H and O–H groups in total. The number of halogens is 1. The Morgan fingerprint density at radius 2 is 2.25 bits per heavy atom. The Hall–Kier alpha value is -1.55. The normalized spacial score (nSPS) is 19.9. The molecule has 1 aliphatic rings. The number of fused-ring (bicyclic) bond motifs is 1. The maximum Gasteiger partial charge on any atom is 0.222 e. The second-order valence-corrected chi connectivity index (χ2v) is 5.71. The van der Waals surface area contributed by atoms with Gasteiger partial charge in [-0.15, -0.1) is 11.6 Å². The van der Waals surface area contributed by atoms with Gasteiger partial charge in [0.2, 0.25) is 5.91 Å². The predicted octanol–water partition coefficient (Wildman–Crippen LogP) is 2.88. The molecule has 1 unspecified atom stereocenters. The van der Waals surface area contributed by atoms with Crippen molar-refractivity contribution in [3.05, 3.63) is 29.6 Å². The maximum absolute atomic E-state index is 11.7. The Morgan fingerprint density at radius 3 is 2.95 bits per heavy atom. The number of piperidine rings is 1. The lowest BCUT2D eigenvalue weighted by Crippen LogP contribution is -2.38. The van der Waals surface area contributed by atoms with E-state index in [1.165, 1.54) is 5.56 Å². The molecule has 2 aromatic rings. The summed E-state index contributed by atoms with van der Waals surface area (Å²) in [6.07, 6.45) is 1.45. The molecule has 1 aliphatic heterocycles. The van der Waals surface area contributed by atoms with Crippen LogP contribution in [-0.4, -0.2) is 34.0 Å². The number of aryl methyl sites for hydroxylation is 1. The molecular weight excluding hydrogens is 274 g/mol. The minimum Gasteiger partial charge on any atom is -0.344 e. The van der Waals surface area contributed by atoms with Crippen molar-refractivity contribution in [1.82, 2.24) is 14.5 Å². The van der Waals surface area contributed by atoms with Crippen LogP contribution < -0.4 is 0 Å². The lowest BCUT2D eigenvalue weighted by Gasteiger charge is -2.31. The molecule has 0 radical (unpaired) electrons. The molecule has 0 saturated carbocycles. The highest BCUT2D eigenvalue weighted by Crippen LogP contribution is 2.30. The van der Waals surface area contributed by atoms with Crippen LogP contribution >= 0.6 is 11.6 Å². The number of rotatable bonds is 2. The van der Waals surface area contributed by atoms with E-state index in [1.54, 1.807) is 4.90 Å². The first kappa shape index (κ1) is 13.4. The van der Waals surface area contributed by atoms with Crippen molar-refractivity contribution in [3.63, 3.8) is 0 Å². The van der Waals surface area contributed by atoms with Gasteiger partial charge in [-0.25, -0.2) is 4.98 Å². The van der Waals surface area contributed by atoms with Crippen molar-refractivity contribution < 1.29 is 4.79 Å². The first-order valence-corrected chi connectivity index (χ1v) is 7.41. The predicted molar refractivity (Wildman–Crippen MR) is 79.9 cm³/mol. The molecule has 1 amide bonds. The number of para-hydroxylation sites is 1. The van der Waals surface area contributed by atoms with Crippen LogP contribution in [0, 0.1) is 6.92 Å². The number of hydrogen-bond acceptors (Lipinski definition) is 2. The van der Waals surface area contributed by atoms with Crippen molar-refractivity contribution in [3.8, 4) is 0 Å². The number of hydrogen-bond donors (Lipinski definition) is 0.